The van der Waals surface area contributed by atoms with Crippen LogP contribution in [0.4, 0.5) is 0 Å². The summed E-state index contributed by atoms with van der Waals surface area (Å²) < 4.78 is 0. The van der Waals surface area contributed by atoms with Crippen molar-refractivity contribution in [1.29, 1.82) is 0 Å². The lowest BCUT2D eigenvalue weighted by Crippen LogP contribution is -2.25. The van der Waals surface area contributed by atoms with Crippen LogP contribution in [-0.2, 0) is 0 Å². The summed E-state index contributed by atoms with van der Waals surface area (Å²) >= 11 is 5.81. The molecule has 0 aliphatic carbocycles. The van der Waals surface area contributed by atoms with Crippen LogP contribution >= 0.6 is 11.6 Å². The van der Waals surface area contributed by atoms with Crippen molar-refractivity contribution in [3.8, 4) is 22.8 Å². The number of nitrogens with zero attached hydrogens (tertiary/aromatic N) is 1. The molecule has 0 fully saturated rings. The number of phenolic OH excluding ortho intramolecular Hbond substituents is 2. The number of benzene rings is 1. The first-order valence-corrected chi connectivity index (χ1v) is 6.57. The molecular weight excluding hydrogens is 298 g/mol. The Morgan fingerprint density at radius 2 is 2.10 bits per heavy atom. The average molecular weight is 312 g/mol. The summed E-state index contributed by atoms with van der Waals surface area (Å²) in [6.45, 7) is 0.301. The Morgan fingerprint density at radius 1 is 1.33 bits per heavy atom. The number of carbonyl (C=O) groups is 1. The number of halogens is 1. The fraction of sp³-hybridized carbons (Fsp3) is 0.231. The van der Waals surface area contributed by atoms with Crippen LogP contribution in [0.5, 0.6) is 11.5 Å². The van der Waals surface area contributed by atoms with Gasteiger partial charge in [0.1, 0.15) is 17.2 Å². The van der Waals surface area contributed by atoms with E-state index in [1.54, 1.807) is 0 Å². The third-order valence-electron chi connectivity index (χ3n) is 2.83. The number of hydrogen-bond donors (Lipinski definition) is 5. The van der Waals surface area contributed by atoms with Crippen LogP contribution in [-0.4, -0.2) is 44.6 Å². The molecule has 0 aliphatic heterocycles. The van der Waals surface area contributed by atoms with E-state index in [4.69, 9.17) is 16.7 Å². The van der Waals surface area contributed by atoms with Gasteiger partial charge in [0, 0.05) is 31.0 Å². The number of amides is 1. The van der Waals surface area contributed by atoms with E-state index in [2.05, 4.69) is 15.5 Å². The van der Waals surface area contributed by atoms with Gasteiger partial charge in [0.25, 0.3) is 5.91 Å². The number of aromatic amines is 1. The minimum absolute atomic E-state index is 0.0210. The second kappa shape index (κ2) is 6.47. The zero-order valence-corrected chi connectivity index (χ0v) is 11.7. The van der Waals surface area contributed by atoms with Crippen LogP contribution < -0.4 is 5.32 Å². The standard InChI is InChI=1S/C13H14ClN3O4/c14-9-4-7(10(19)5-11(9)20)12-8(6-16-17-12)13(21)15-2-1-3-18/h4-6,18-20H,1-3H2,(H,15,21)(H,16,17). The molecule has 0 unspecified atom stereocenters. The van der Waals surface area contributed by atoms with Crippen molar-refractivity contribution >= 4 is 17.5 Å². The van der Waals surface area contributed by atoms with Gasteiger partial charge in [-0.25, -0.2) is 0 Å². The van der Waals surface area contributed by atoms with Gasteiger partial charge in [-0.15, -0.1) is 0 Å². The van der Waals surface area contributed by atoms with Gasteiger partial charge in [0.05, 0.1) is 10.6 Å². The van der Waals surface area contributed by atoms with E-state index in [-0.39, 0.29) is 39.9 Å². The number of aromatic hydroxyl groups is 2. The number of aromatic nitrogens is 2. The van der Waals surface area contributed by atoms with Crippen molar-refractivity contribution in [2.75, 3.05) is 13.2 Å². The minimum Gasteiger partial charge on any atom is -0.507 e. The molecule has 0 atom stereocenters. The Bertz CT molecular complexity index is 657. The Kier molecular flexibility index (Phi) is 4.66. The third kappa shape index (κ3) is 3.26. The lowest BCUT2D eigenvalue weighted by molar-refractivity contribution is 0.0952. The number of phenols is 2. The second-order valence-corrected chi connectivity index (χ2v) is 4.71. The first-order valence-electron chi connectivity index (χ1n) is 6.19. The molecule has 0 saturated carbocycles. The molecule has 0 saturated heterocycles. The monoisotopic (exact) mass is 311 g/mol. The van der Waals surface area contributed by atoms with Crippen LogP contribution in [0.2, 0.25) is 5.02 Å². The first-order chi connectivity index (χ1) is 10.0. The zero-order chi connectivity index (χ0) is 15.4. The Hall–Kier alpha value is -2.25. The summed E-state index contributed by atoms with van der Waals surface area (Å²) in [7, 11) is 0. The van der Waals surface area contributed by atoms with Crippen molar-refractivity contribution in [2.24, 2.45) is 0 Å². The summed E-state index contributed by atoms with van der Waals surface area (Å²) in [5, 5.41) is 37.1. The van der Waals surface area contributed by atoms with Gasteiger partial charge >= 0.3 is 0 Å². The Balaban J connectivity index is 2.32. The summed E-state index contributed by atoms with van der Waals surface area (Å²) in [6.07, 6.45) is 1.83. The molecule has 112 valence electrons. The largest absolute Gasteiger partial charge is 0.507 e. The van der Waals surface area contributed by atoms with Gasteiger partial charge in [0.15, 0.2) is 0 Å². The van der Waals surface area contributed by atoms with Gasteiger partial charge in [0.2, 0.25) is 0 Å². The highest BCUT2D eigenvalue weighted by Crippen LogP contribution is 2.37. The molecule has 7 nitrogen and oxygen atoms in total. The molecule has 8 heteroatoms. The summed E-state index contributed by atoms with van der Waals surface area (Å²) in [6, 6.07) is 2.41. The number of aliphatic hydroxyl groups excluding tert-OH is 1. The normalized spacial score (nSPS) is 10.6. The number of H-pyrrole nitrogens is 1. The van der Waals surface area contributed by atoms with Gasteiger partial charge in [-0.2, -0.15) is 5.10 Å². The van der Waals surface area contributed by atoms with Crippen molar-refractivity contribution in [3.05, 3.63) is 28.9 Å². The third-order valence-corrected chi connectivity index (χ3v) is 3.13. The van der Waals surface area contributed by atoms with Crippen LogP contribution in [0.1, 0.15) is 16.8 Å². The molecular formula is C13H14ClN3O4. The molecule has 0 bridgehead atoms. The van der Waals surface area contributed by atoms with Crippen LogP contribution in [0.3, 0.4) is 0 Å². The highest BCUT2D eigenvalue weighted by molar-refractivity contribution is 6.32. The van der Waals surface area contributed by atoms with E-state index in [9.17, 15) is 15.0 Å². The smallest absolute Gasteiger partial charge is 0.255 e. The lowest BCUT2D eigenvalue weighted by atomic mass is 10.1. The predicted octanol–water partition coefficient (Wildman–Crippen LogP) is 1.25. The molecule has 21 heavy (non-hydrogen) atoms. The second-order valence-electron chi connectivity index (χ2n) is 4.30. The van der Waals surface area contributed by atoms with Gasteiger partial charge < -0.3 is 20.6 Å². The number of carbonyl (C=O) groups excluding carboxylic acids is 1. The molecule has 0 spiro atoms. The minimum atomic E-state index is -0.393. The van der Waals surface area contributed by atoms with Crippen molar-refractivity contribution < 1.29 is 20.1 Å². The van der Waals surface area contributed by atoms with Crippen molar-refractivity contribution in [3.63, 3.8) is 0 Å². The molecule has 1 aromatic carbocycles. The van der Waals surface area contributed by atoms with Gasteiger partial charge in [-0.05, 0) is 12.5 Å². The predicted molar refractivity (Wildman–Crippen MR) is 76.4 cm³/mol. The summed E-state index contributed by atoms with van der Waals surface area (Å²) in [4.78, 5) is 12.0. The Labute approximate surface area is 125 Å². The van der Waals surface area contributed by atoms with E-state index in [0.29, 0.717) is 13.0 Å². The molecule has 5 N–H and O–H groups in total. The summed E-state index contributed by atoms with van der Waals surface area (Å²) in [5.74, 6) is -0.897. The fourth-order valence-corrected chi connectivity index (χ4v) is 1.95. The quantitative estimate of drug-likeness (QED) is 0.533. The first kappa shape index (κ1) is 15.1. The SMILES string of the molecule is O=C(NCCCO)c1c[nH]nc1-c1cc(Cl)c(O)cc1O. The van der Waals surface area contributed by atoms with Gasteiger partial charge in [-0.1, -0.05) is 11.6 Å². The molecule has 2 aromatic rings. The molecule has 2 rings (SSSR count). The van der Waals surface area contributed by atoms with E-state index < -0.39 is 5.91 Å². The number of aliphatic hydroxyl groups is 1. The molecule has 0 radical (unpaired) electrons. The average Bonchev–Trinajstić information content (AvgIpc) is 2.92. The van der Waals surface area contributed by atoms with Crippen molar-refractivity contribution in [1.82, 2.24) is 15.5 Å². The maximum Gasteiger partial charge on any atom is 0.255 e. The van der Waals surface area contributed by atoms with E-state index >= 15 is 0 Å². The number of nitrogens with one attached hydrogen (secondary N) is 2. The topological polar surface area (TPSA) is 118 Å². The van der Waals surface area contributed by atoms with Crippen molar-refractivity contribution in [2.45, 2.75) is 6.42 Å². The molecule has 1 amide bonds. The summed E-state index contributed by atoms with van der Waals surface area (Å²) in [5.41, 5.74) is 0.673. The number of rotatable bonds is 5. The fourth-order valence-electron chi connectivity index (χ4n) is 1.79. The lowest BCUT2D eigenvalue weighted by Gasteiger charge is -2.07. The Morgan fingerprint density at radius 3 is 2.81 bits per heavy atom. The molecule has 1 heterocycles. The zero-order valence-electron chi connectivity index (χ0n) is 10.9. The van der Waals surface area contributed by atoms with Crippen LogP contribution in [0.15, 0.2) is 18.3 Å². The molecule has 0 aliphatic rings. The van der Waals surface area contributed by atoms with E-state index in [0.717, 1.165) is 6.07 Å². The molecule has 1 aromatic heterocycles. The van der Waals surface area contributed by atoms with E-state index in [1.165, 1.54) is 12.3 Å². The maximum absolute atomic E-state index is 12.0. The van der Waals surface area contributed by atoms with E-state index in [1.807, 2.05) is 0 Å². The van der Waals surface area contributed by atoms with Gasteiger partial charge in [-0.3, -0.25) is 9.89 Å². The number of hydrogen-bond acceptors (Lipinski definition) is 5. The highest BCUT2D eigenvalue weighted by Gasteiger charge is 2.19. The maximum atomic E-state index is 12.0. The van der Waals surface area contributed by atoms with Crippen LogP contribution in [0, 0.1) is 0 Å². The highest BCUT2D eigenvalue weighted by atomic mass is 35.5. The van der Waals surface area contributed by atoms with Crippen LogP contribution in [0.25, 0.3) is 11.3 Å².